The van der Waals surface area contributed by atoms with E-state index in [1.165, 1.54) is 6.92 Å². The lowest BCUT2D eigenvalue weighted by molar-refractivity contribution is -0.118. The molecule has 0 fully saturated rings. The molecule has 2 aromatic rings. The van der Waals surface area contributed by atoms with Crippen LogP contribution in [-0.2, 0) is 9.59 Å². The summed E-state index contributed by atoms with van der Waals surface area (Å²) in [6.07, 6.45) is 1.15. The minimum absolute atomic E-state index is 0.112. The van der Waals surface area contributed by atoms with Gasteiger partial charge in [-0.1, -0.05) is 39.0 Å². The summed E-state index contributed by atoms with van der Waals surface area (Å²) < 4.78 is 5.63. The second kappa shape index (κ2) is 10.6. The van der Waals surface area contributed by atoms with Gasteiger partial charge < -0.3 is 15.4 Å². The van der Waals surface area contributed by atoms with Gasteiger partial charge in [-0.25, -0.2) is 0 Å². The molecule has 6 heteroatoms. The van der Waals surface area contributed by atoms with Crippen molar-refractivity contribution < 1.29 is 19.1 Å². The number of benzene rings is 2. The van der Waals surface area contributed by atoms with E-state index in [0.717, 1.165) is 23.2 Å². The topological polar surface area (TPSA) is 84.5 Å². The van der Waals surface area contributed by atoms with Crippen LogP contribution >= 0.6 is 0 Å². The zero-order valence-corrected chi connectivity index (χ0v) is 18.3. The lowest BCUT2D eigenvalue weighted by Gasteiger charge is -2.17. The third-order valence-electron chi connectivity index (χ3n) is 4.67. The van der Waals surface area contributed by atoms with E-state index >= 15 is 0 Å². The Hall–Kier alpha value is -3.15. The Labute approximate surface area is 178 Å². The molecule has 0 unspecified atom stereocenters. The summed E-state index contributed by atoms with van der Waals surface area (Å²) in [5, 5.41) is 5.68. The van der Waals surface area contributed by atoms with E-state index in [1.807, 2.05) is 32.0 Å². The van der Waals surface area contributed by atoms with Gasteiger partial charge in [-0.05, 0) is 55.5 Å². The number of amides is 2. The molecule has 30 heavy (non-hydrogen) atoms. The molecule has 0 aliphatic carbocycles. The second-order valence-electron chi connectivity index (χ2n) is 7.60. The normalized spacial score (nSPS) is 10.6. The van der Waals surface area contributed by atoms with Crippen molar-refractivity contribution in [1.82, 2.24) is 0 Å². The van der Waals surface area contributed by atoms with E-state index in [0.29, 0.717) is 23.4 Å². The molecule has 0 bridgehead atoms. The minimum Gasteiger partial charge on any atom is -0.483 e. The molecular weight excluding hydrogens is 380 g/mol. The summed E-state index contributed by atoms with van der Waals surface area (Å²) in [4.78, 5) is 36.3. The summed E-state index contributed by atoms with van der Waals surface area (Å²) >= 11 is 0. The minimum atomic E-state index is -0.305. The molecule has 2 N–H and O–H groups in total. The van der Waals surface area contributed by atoms with Crippen LogP contribution in [0.5, 0.6) is 5.75 Å². The smallest absolute Gasteiger partial charge is 0.262 e. The van der Waals surface area contributed by atoms with Crippen molar-refractivity contribution in [2.75, 3.05) is 17.2 Å². The summed E-state index contributed by atoms with van der Waals surface area (Å²) in [7, 11) is 0. The predicted octanol–water partition coefficient (Wildman–Crippen LogP) is 5.08. The molecule has 0 heterocycles. The van der Waals surface area contributed by atoms with Gasteiger partial charge in [0.15, 0.2) is 12.4 Å². The highest BCUT2D eigenvalue weighted by Crippen LogP contribution is 2.28. The van der Waals surface area contributed by atoms with Gasteiger partial charge in [0.25, 0.3) is 5.91 Å². The average Bonchev–Trinajstić information content (AvgIpc) is 2.68. The lowest BCUT2D eigenvalue weighted by atomic mass is 9.98. The van der Waals surface area contributed by atoms with Crippen LogP contribution < -0.4 is 15.4 Å². The second-order valence-corrected chi connectivity index (χ2v) is 7.60. The molecule has 6 nitrogen and oxygen atoms in total. The summed E-state index contributed by atoms with van der Waals surface area (Å²) in [6, 6.07) is 10.7. The maximum absolute atomic E-state index is 12.5. The Bertz CT molecular complexity index is 935. The highest BCUT2D eigenvalue weighted by Gasteiger charge is 2.15. The zero-order chi connectivity index (χ0) is 22.3. The number of para-hydroxylation sites is 1. The number of ether oxygens (including phenoxy) is 1. The molecule has 0 radical (unpaired) electrons. The van der Waals surface area contributed by atoms with Crippen LogP contribution in [0.1, 0.15) is 67.9 Å². The Morgan fingerprint density at radius 1 is 1.03 bits per heavy atom. The van der Waals surface area contributed by atoms with Crippen molar-refractivity contribution in [3.8, 4) is 5.75 Å². The van der Waals surface area contributed by atoms with Gasteiger partial charge in [-0.3, -0.25) is 14.4 Å². The fraction of sp³-hybridized carbons (Fsp3) is 0.375. The number of anilines is 2. The maximum Gasteiger partial charge on any atom is 0.262 e. The number of aryl methyl sites for hydroxylation is 1. The van der Waals surface area contributed by atoms with Crippen LogP contribution in [0.3, 0.4) is 0 Å². The molecular formula is C24H30N2O4. The molecule has 0 aromatic heterocycles. The molecule has 0 spiro atoms. The fourth-order valence-corrected chi connectivity index (χ4v) is 3.12. The van der Waals surface area contributed by atoms with E-state index < -0.39 is 0 Å². The molecule has 160 valence electrons. The van der Waals surface area contributed by atoms with Crippen molar-refractivity contribution in [3.05, 3.63) is 53.1 Å². The number of carbonyl (C=O) groups is 3. The number of hydrogen-bond acceptors (Lipinski definition) is 4. The first-order valence-corrected chi connectivity index (χ1v) is 10.2. The zero-order valence-electron chi connectivity index (χ0n) is 18.3. The van der Waals surface area contributed by atoms with Crippen molar-refractivity contribution in [3.63, 3.8) is 0 Å². The van der Waals surface area contributed by atoms with Crippen LogP contribution in [-0.4, -0.2) is 24.2 Å². The van der Waals surface area contributed by atoms with Gasteiger partial charge in [0.2, 0.25) is 5.91 Å². The van der Waals surface area contributed by atoms with Crippen LogP contribution in [0, 0.1) is 6.92 Å². The first-order chi connectivity index (χ1) is 14.2. The largest absolute Gasteiger partial charge is 0.483 e. The number of nitrogens with one attached hydrogen (secondary N) is 2. The highest BCUT2D eigenvalue weighted by molar-refractivity contribution is 6.00. The number of carbonyl (C=O) groups excluding carboxylic acids is 3. The van der Waals surface area contributed by atoms with Gasteiger partial charge in [0.1, 0.15) is 5.75 Å². The Morgan fingerprint density at radius 2 is 1.77 bits per heavy atom. The Morgan fingerprint density at radius 3 is 2.40 bits per heavy atom. The number of hydrogen-bond donors (Lipinski definition) is 2. The van der Waals surface area contributed by atoms with E-state index in [2.05, 4.69) is 24.5 Å². The lowest BCUT2D eigenvalue weighted by Crippen LogP contribution is -2.22. The van der Waals surface area contributed by atoms with Crippen molar-refractivity contribution in [2.24, 2.45) is 0 Å². The molecule has 0 saturated carbocycles. The highest BCUT2D eigenvalue weighted by atomic mass is 16.5. The van der Waals surface area contributed by atoms with Crippen LogP contribution in [0.4, 0.5) is 11.4 Å². The summed E-state index contributed by atoms with van der Waals surface area (Å²) in [6.45, 7) is 9.20. The molecule has 2 amide bonds. The van der Waals surface area contributed by atoms with Crippen molar-refractivity contribution in [2.45, 2.75) is 53.4 Å². The molecule has 2 aromatic carbocycles. The standard InChI is InChI=1S/C24H30N2O4/c1-6-8-22(28)25-18-11-12-21(20(13-18)17(5)27)30-14-23(29)26-24-16(4)9-7-10-19(24)15(2)3/h7,9-13,15H,6,8,14H2,1-5H3,(H,25,28)(H,26,29). The quantitative estimate of drug-likeness (QED) is 0.565. The third kappa shape index (κ3) is 6.17. The van der Waals surface area contributed by atoms with Crippen LogP contribution in [0.2, 0.25) is 0 Å². The number of rotatable bonds is 9. The fourth-order valence-electron chi connectivity index (χ4n) is 3.12. The molecule has 0 saturated heterocycles. The van der Waals surface area contributed by atoms with Crippen LogP contribution in [0.15, 0.2) is 36.4 Å². The molecule has 2 rings (SSSR count). The van der Waals surface area contributed by atoms with Gasteiger partial charge in [-0.2, -0.15) is 0 Å². The average molecular weight is 411 g/mol. The van der Waals surface area contributed by atoms with Gasteiger partial charge >= 0.3 is 0 Å². The van der Waals surface area contributed by atoms with Crippen LogP contribution in [0.25, 0.3) is 0 Å². The first-order valence-electron chi connectivity index (χ1n) is 10.2. The predicted molar refractivity (Wildman–Crippen MR) is 119 cm³/mol. The van der Waals surface area contributed by atoms with Crippen molar-refractivity contribution >= 4 is 29.0 Å². The first kappa shape index (κ1) is 23.1. The maximum atomic E-state index is 12.5. The Kier molecular flexibility index (Phi) is 8.16. The van der Waals surface area contributed by atoms with Crippen molar-refractivity contribution in [1.29, 1.82) is 0 Å². The number of Topliss-reactive ketones (excluding diaryl/α,β-unsaturated/α-hetero) is 1. The monoisotopic (exact) mass is 410 g/mol. The summed E-state index contributed by atoms with van der Waals surface area (Å²) in [5.74, 6) is -0.0563. The molecule has 0 atom stereocenters. The summed E-state index contributed by atoms with van der Waals surface area (Å²) in [5.41, 5.74) is 3.67. The van der Waals surface area contributed by atoms with E-state index in [9.17, 15) is 14.4 Å². The van der Waals surface area contributed by atoms with Gasteiger partial charge in [0, 0.05) is 17.8 Å². The van der Waals surface area contributed by atoms with Gasteiger partial charge in [0.05, 0.1) is 5.56 Å². The molecule has 0 aliphatic heterocycles. The third-order valence-corrected chi connectivity index (χ3v) is 4.67. The molecule has 0 aliphatic rings. The van der Waals surface area contributed by atoms with E-state index in [-0.39, 0.29) is 30.1 Å². The van der Waals surface area contributed by atoms with E-state index in [4.69, 9.17) is 4.74 Å². The SMILES string of the molecule is CCCC(=O)Nc1ccc(OCC(=O)Nc2c(C)cccc2C(C)C)c(C(C)=O)c1. The van der Waals surface area contributed by atoms with Gasteiger partial charge in [-0.15, -0.1) is 0 Å². The van der Waals surface area contributed by atoms with E-state index in [1.54, 1.807) is 18.2 Å². The Balaban J connectivity index is 2.11. The number of ketones is 1.